The fraction of sp³-hybridized carbons (Fsp3) is 0.312. The molecule has 0 spiro atoms. The van der Waals surface area contributed by atoms with Crippen LogP contribution in [-0.4, -0.2) is 8.07 Å². The molecule has 3 aromatic carbocycles. The number of hydrogen-bond donors (Lipinski definition) is 0. The van der Waals surface area contributed by atoms with Crippen molar-refractivity contribution in [1.29, 1.82) is 0 Å². The fourth-order valence-electron chi connectivity index (χ4n) is 7.12. The van der Waals surface area contributed by atoms with Gasteiger partial charge in [-0.05, 0) is 0 Å². The molecule has 3 aromatic rings. The van der Waals surface area contributed by atoms with Crippen LogP contribution in [0.2, 0.25) is 20.7 Å². The first-order valence-corrected chi connectivity index (χ1v) is 20.0. The fourth-order valence-corrected chi connectivity index (χ4v) is 20.6. The number of allylic oxidation sites excluding steroid dienone is 4. The van der Waals surface area contributed by atoms with Crippen LogP contribution in [0.3, 0.4) is 0 Å². The molecule has 0 amide bonds. The second kappa shape index (κ2) is 8.94. The third-order valence-electron chi connectivity index (χ3n) is 8.45. The molecule has 176 valence electrons. The van der Waals surface area contributed by atoms with Gasteiger partial charge in [0.1, 0.15) is 0 Å². The van der Waals surface area contributed by atoms with Crippen LogP contribution in [-0.2, 0) is 16.6 Å². The molecule has 0 bridgehead atoms. The maximum absolute atomic E-state index is 2.62. The molecule has 0 nitrogen and oxygen atoms in total. The Balaban J connectivity index is 2.30. The van der Waals surface area contributed by atoms with Gasteiger partial charge in [0.15, 0.2) is 0 Å². The van der Waals surface area contributed by atoms with Crippen molar-refractivity contribution in [1.82, 2.24) is 0 Å². The zero-order chi connectivity index (χ0) is 24.9. The predicted molar refractivity (Wildman–Crippen MR) is 150 cm³/mol. The Morgan fingerprint density at radius 2 is 1.15 bits per heavy atom. The summed E-state index contributed by atoms with van der Waals surface area (Å²) < 4.78 is 1.79. The van der Waals surface area contributed by atoms with E-state index in [1.54, 1.807) is 20.2 Å². The standard InChI is InChI=1S/C29H31Si.3CH3.Ti/c1-21-17-18-28(22(2)19-21)30(26-13-9-7-10-14-26,27-15-11-8-12-16-27)29(6)20-23(3)24(4)25(29)5;;;;/h7-19H,1-6H3;3*1H3;. The molecule has 0 fully saturated rings. The zero-order valence-electron chi connectivity index (χ0n) is 22.5. The van der Waals surface area contributed by atoms with Gasteiger partial charge in [-0.2, -0.15) is 0 Å². The van der Waals surface area contributed by atoms with Crippen LogP contribution in [0.5, 0.6) is 0 Å². The van der Waals surface area contributed by atoms with E-state index in [1.165, 1.54) is 27.1 Å². The van der Waals surface area contributed by atoms with Gasteiger partial charge < -0.3 is 0 Å². The van der Waals surface area contributed by atoms with Gasteiger partial charge in [0, 0.05) is 0 Å². The van der Waals surface area contributed by atoms with Crippen LogP contribution < -0.4 is 15.6 Å². The van der Waals surface area contributed by atoms with Gasteiger partial charge in [0.25, 0.3) is 0 Å². The van der Waals surface area contributed by atoms with Gasteiger partial charge in [-0.1, -0.05) is 0 Å². The van der Waals surface area contributed by atoms with E-state index in [9.17, 15) is 0 Å². The number of rotatable bonds is 5. The molecule has 34 heavy (non-hydrogen) atoms. The van der Waals surface area contributed by atoms with Crippen LogP contribution in [0, 0.1) is 13.8 Å². The van der Waals surface area contributed by atoms with Crippen LogP contribution in [0.4, 0.5) is 0 Å². The third-order valence-corrected chi connectivity index (χ3v) is 18.4. The Kier molecular flexibility index (Phi) is 6.62. The first-order chi connectivity index (χ1) is 16.0. The van der Waals surface area contributed by atoms with Crippen molar-refractivity contribution in [3.8, 4) is 0 Å². The molecule has 1 unspecified atom stereocenters. The average Bonchev–Trinajstić information content (AvgIpc) is 2.97. The monoisotopic (exact) mass is 500 g/mol. The van der Waals surface area contributed by atoms with E-state index >= 15 is 0 Å². The molecule has 1 aliphatic carbocycles. The predicted octanol–water partition coefficient (Wildman–Crippen LogP) is 7.46. The second-order valence-electron chi connectivity index (χ2n) is 11.4. The van der Waals surface area contributed by atoms with E-state index in [1.807, 2.05) is 0 Å². The summed E-state index contributed by atoms with van der Waals surface area (Å²) >= 11 is -2.27. The summed E-state index contributed by atoms with van der Waals surface area (Å²) in [5, 5.41) is 12.4. The first-order valence-electron chi connectivity index (χ1n) is 12.6. The van der Waals surface area contributed by atoms with Crippen LogP contribution in [0.25, 0.3) is 0 Å². The zero-order valence-corrected chi connectivity index (χ0v) is 25.1. The average molecular weight is 501 g/mol. The first kappa shape index (κ1) is 25.2. The van der Waals surface area contributed by atoms with E-state index < -0.39 is 24.7 Å². The molecular formula is C32H40SiTi. The molecule has 0 N–H and O–H groups in total. The number of aryl methyl sites for hydroxylation is 2. The van der Waals surface area contributed by atoms with E-state index in [-0.39, 0.29) is 5.04 Å². The van der Waals surface area contributed by atoms with E-state index in [2.05, 4.69) is 136 Å². The molecule has 0 radical (unpaired) electrons. The Labute approximate surface area is 212 Å². The van der Waals surface area contributed by atoms with Gasteiger partial charge in [0.2, 0.25) is 0 Å². The Hall–Kier alpha value is -1.93. The minimum absolute atomic E-state index is 0.0118. The Morgan fingerprint density at radius 1 is 0.647 bits per heavy atom. The van der Waals surface area contributed by atoms with Gasteiger partial charge in [-0.25, -0.2) is 0 Å². The molecule has 0 aromatic heterocycles. The van der Waals surface area contributed by atoms with Crippen LogP contribution in [0.15, 0.2) is 99.5 Å². The summed E-state index contributed by atoms with van der Waals surface area (Å²) in [6.45, 7) is 14.4. The van der Waals surface area contributed by atoms with E-state index in [4.69, 9.17) is 0 Å². The minimum atomic E-state index is -2.57. The molecule has 0 saturated heterocycles. The summed E-state index contributed by atoms with van der Waals surface area (Å²) in [4.78, 5) is 0. The summed E-state index contributed by atoms with van der Waals surface area (Å²) in [6.07, 6.45) is 0. The van der Waals surface area contributed by atoms with Crippen molar-refractivity contribution in [3.05, 3.63) is 111 Å². The summed E-state index contributed by atoms with van der Waals surface area (Å²) in [6, 6.07) is 30.3. The van der Waals surface area contributed by atoms with Crippen molar-refractivity contribution < 1.29 is 16.6 Å². The molecule has 0 saturated carbocycles. The van der Waals surface area contributed by atoms with E-state index in [0.717, 1.165) is 0 Å². The molecule has 0 heterocycles. The second-order valence-corrected chi connectivity index (χ2v) is 23.4. The van der Waals surface area contributed by atoms with Crippen molar-refractivity contribution in [2.24, 2.45) is 0 Å². The molecule has 0 aliphatic heterocycles. The van der Waals surface area contributed by atoms with Crippen molar-refractivity contribution >= 4 is 23.6 Å². The topological polar surface area (TPSA) is 0 Å². The molecule has 4 rings (SSSR count). The molecule has 1 aliphatic rings. The van der Waals surface area contributed by atoms with Crippen molar-refractivity contribution in [2.45, 2.75) is 62.3 Å². The SMILES string of the molecule is CC1=C(C)C(C)([Si](c2ccccc2)(c2ccccc2)c2ccc(C)cc2C)[C]([Ti]([CH3])([CH3])[CH3])=C1C. The quantitative estimate of drug-likeness (QED) is 0.252. The summed E-state index contributed by atoms with van der Waals surface area (Å²) in [5.74, 6) is 0. The third kappa shape index (κ3) is 3.60. The van der Waals surface area contributed by atoms with E-state index in [0.29, 0.717) is 0 Å². The molecular weight excluding hydrogens is 460 g/mol. The van der Waals surface area contributed by atoms with Gasteiger partial charge in [0.05, 0.1) is 0 Å². The normalized spacial score (nSPS) is 19.2. The molecule has 2 heteroatoms. The summed E-state index contributed by atoms with van der Waals surface area (Å²) in [7, 11) is -2.57. The molecule has 1 atom stereocenters. The number of benzene rings is 3. The number of hydrogen-bond acceptors (Lipinski definition) is 0. The Bertz CT molecular complexity index is 1240. The van der Waals surface area contributed by atoms with Gasteiger partial charge in [-0.15, -0.1) is 0 Å². The van der Waals surface area contributed by atoms with Crippen molar-refractivity contribution in [3.63, 3.8) is 0 Å². The van der Waals surface area contributed by atoms with Crippen LogP contribution in [0.1, 0.15) is 38.8 Å². The Morgan fingerprint density at radius 3 is 1.59 bits per heavy atom. The van der Waals surface area contributed by atoms with Gasteiger partial charge >= 0.3 is 213 Å². The summed E-state index contributed by atoms with van der Waals surface area (Å²) in [5.41, 5.74) is 7.44. The van der Waals surface area contributed by atoms with Crippen LogP contribution >= 0.6 is 0 Å². The van der Waals surface area contributed by atoms with Gasteiger partial charge in [-0.3, -0.25) is 0 Å². The maximum atomic E-state index is 2.62. The van der Waals surface area contributed by atoms with Crippen molar-refractivity contribution in [2.75, 3.05) is 0 Å².